The molecule has 1 aromatic carbocycles. The molecule has 1 fully saturated rings. The van der Waals surface area contributed by atoms with Crippen LogP contribution in [0.25, 0.3) is 0 Å². The summed E-state index contributed by atoms with van der Waals surface area (Å²) in [5.74, 6) is 0. The van der Waals surface area contributed by atoms with E-state index in [0.717, 1.165) is 25.9 Å². The topological polar surface area (TPSA) is 58.4 Å². The highest BCUT2D eigenvalue weighted by Gasteiger charge is 2.22. The van der Waals surface area contributed by atoms with Gasteiger partial charge in [-0.25, -0.2) is 4.79 Å². The smallest absolute Gasteiger partial charge is 0.314 e. The van der Waals surface area contributed by atoms with E-state index in [-0.39, 0.29) is 6.03 Å². The number of primary amides is 1. The van der Waals surface area contributed by atoms with Crippen LogP contribution in [-0.4, -0.2) is 30.1 Å². The largest absolute Gasteiger partial charge is 0.351 e. The van der Waals surface area contributed by atoms with E-state index in [2.05, 4.69) is 43.4 Å². The van der Waals surface area contributed by atoms with Crippen molar-refractivity contribution in [2.45, 2.75) is 38.8 Å². The third-order valence-corrected chi connectivity index (χ3v) is 3.87. The van der Waals surface area contributed by atoms with Gasteiger partial charge in [-0.2, -0.15) is 0 Å². The van der Waals surface area contributed by atoms with Crippen molar-refractivity contribution in [3.8, 4) is 0 Å². The first kappa shape index (κ1) is 13.9. The predicted octanol–water partition coefficient (Wildman–Crippen LogP) is 2.19. The summed E-state index contributed by atoms with van der Waals surface area (Å²) in [5, 5.41) is 3.64. The average molecular weight is 261 g/mol. The van der Waals surface area contributed by atoms with Gasteiger partial charge in [-0.3, -0.25) is 0 Å². The van der Waals surface area contributed by atoms with Crippen LogP contribution in [0.5, 0.6) is 0 Å². The summed E-state index contributed by atoms with van der Waals surface area (Å²) in [5.41, 5.74) is 7.88. The number of urea groups is 1. The minimum atomic E-state index is -0.301. The molecule has 1 saturated heterocycles. The van der Waals surface area contributed by atoms with E-state index in [9.17, 15) is 4.79 Å². The standard InChI is InChI=1S/C15H23N3O/c1-11-3-5-13(6-4-11)12(2)17-14-7-9-18(10-8-14)15(16)19/h3-6,12,14,17H,7-10H2,1-2H3,(H2,16,19). The molecule has 0 spiro atoms. The monoisotopic (exact) mass is 261 g/mol. The van der Waals surface area contributed by atoms with Crippen molar-refractivity contribution >= 4 is 6.03 Å². The highest BCUT2D eigenvalue weighted by molar-refractivity contribution is 5.72. The van der Waals surface area contributed by atoms with Crippen molar-refractivity contribution in [2.24, 2.45) is 5.73 Å². The van der Waals surface area contributed by atoms with E-state index in [4.69, 9.17) is 5.73 Å². The van der Waals surface area contributed by atoms with Gasteiger partial charge in [0.25, 0.3) is 0 Å². The number of hydrogen-bond acceptors (Lipinski definition) is 2. The van der Waals surface area contributed by atoms with Gasteiger partial charge in [0.05, 0.1) is 0 Å². The molecule has 104 valence electrons. The van der Waals surface area contributed by atoms with Crippen LogP contribution in [-0.2, 0) is 0 Å². The lowest BCUT2D eigenvalue weighted by Gasteiger charge is -2.33. The SMILES string of the molecule is Cc1ccc(C(C)NC2CCN(C(N)=O)CC2)cc1. The molecule has 0 radical (unpaired) electrons. The van der Waals surface area contributed by atoms with Gasteiger partial charge in [-0.1, -0.05) is 29.8 Å². The molecule has 1 heterocycles. The molecule has 2 rings (SSSR count). The Morgan fingerprint density at radius 2 is 1.89 bits per heavy atom. The van der Waals surface area contributed by atoms with Crippen LogP contribution in [0.1, 0.15) is 36.9 Å². The number of nitrogens with zero attached hydrogens (tertiary/aromatic N) is 1. The third kappa shape index (κ3) is 3.70. The molecule has 0 aliphatic carbocycles. The zero-order valence-electron chi connectivity index (χ0n) is 11.7. The quantitative estimate of drug-likeness (QED) is 0.876. The maximum Gasteiger partial charge on any atom is 0.314 e. The molecular weight excluding hydrogens is 238 g/mol. The number of rotatable bonds is 3. The molecule has 2 amide bonds. The van der Waals surface area contributed by atoms with E-state index in [1.165, 1.54) is 11.1 Å². The minimum Gasteiger partial charge on any atom is -0.351 e. The average Bonchev–Trinajstić information content (AvgIpc) is 2.40. The fraction of sp³-hybridized carbons (Fsp3) is 0.533. The summed E-state index contributed by atoms with van der Waals surface area (Å²) in [6.45, 7) is 5.80. The summed E-state index contributed by atoms with van der Waals surface area (Å²) in [6.07, 6.45) is 1.94. The van der Waals surface area contributed by atoms with Crippen molar-refractivity contribution in [2.75, 3.05) is 13.1 Å². The summed E-state index contributed by atoms with van der Waals surface area (Å²) >= 11 is 0. The van der Waals surface area contributed by atoms with Gasteiger partial charge in [-0.15, -0.1) is 0 Å². The molecule has 1 aromatic rings. The van der Waals surface area contributed by atoms with Gasteiger partial charge in [0.2, 0.25) is 0 Å². The van der Waals surface area contributed by atoms with E-state index in [0.29, 0.717) is 12.1 Å². The van der Waals surface area contributed by atoms with Crippen LogP contribution < -0.4 is 11.1 Å². The molecule has 1 aliphatic rings. The number of nitrogens with one attached hydrogen (secondary N) is 1. The van der Waals surface area contributed by atoms with Gasteiger partial charge >= 0.3 is 6.03 Å². The van der Waals surface area contributed by atoms with Crippen LogP contribution in [0.4, 0.5) is 4.79 Å². The number of likely N-dealkylation sites (tertiary alicyclic amines) is 1. The van der Waals surface area contributed by atoms with E-state index >= 15 is 0 Å². The van der Waals surface area contributed by atoms with Gasteiger partial charge in [0.15, 0.2) is 0 Å². The lowest BCUT2D eigenvalue weighted by Crippen LogP contribution is -2.47. The van der Waals surface area contributed by atoms with Crippen molar-refractivity contribution in [3.05, 3.63) is 35.4 Å². The van der Waals surface area contributed by atoms with Gasteiger partial charge in [-0.05, 0) is 32.3 Å². The second kappa shape index (κ2) is 6.06. The number of carbonyl (C=O) groups is 1. The number of nitrogens with two attached hydrogens (primary N) is 1. The minimum absolute atomic E-state index is 0.301. The lowest BCUT2D eigenvalue weighted by molar-refractivity contribution is 0.183. The number of benzene rings is 1. The zero-order chi connectivity index (χ0) is 13.8. The Kier molecular flexibility index (Phi) is 4.43. The summed E-state index contributed by atoms with van der Waals surface area (Å²) in [7, 11) is 0. The van der Waals surface area contributed by atoms with Crippen molar-refractivity contribution < 1.29 is 4.79 Å². The molecular formula is C15H23N3O. The number of carbonyl (C=O) groups excluding carboxylic acids is 1. The Balaban J connectivity index is 1.85. The van der Waals surface area contributed by atoms with Crippen molar-refractivity contribution in [3.63, 3.8) is 0 Å². The van der Waals surface area contributed by atoms with Crippen LogP contribution in [0.3, 0.4) is 0 Å². The maximum absolute atomic E-state index is 11.1. The van der Waals surface area contributed by atoms with E-state index < -0.39 is 0 Å². The molecule has 1 aliphatic heterocycles. The van der Waals surface area contributed by atoms with Gasteiger partial charge < -0.3 is 16.0 Å². The maximum atomic E-state index is 11.1. The molecule has 1 unspecified atom stereocenters. The normalized spacial score (nSPS) is 18.3. The van der Waals surface area contributed by atoms with Crippen molar-refractivity contribution in [1.29, 1.82) is 0 Å². The summed E-state index contributed by atoms with van der Waals surface area (Å²) in [6, 6.07) is 9.13. The van der Waals surface area contributed by atoms with Crippen molar-refractivity contribution in [1.82, 2.24) is 10.2 Å². The Hall–Kier alpha value is -1.55. The first-order chi connectivity index (χ1) is 9.06. The summed E-state index contributed by atoms with van der Waals surface area (Å²) < 4.78 is 0. The second-order valence-electron chi connectivity index (χ2n) is 5.40. The fourth-order valence-corrected chi connectivity index (χ4v) is 2.57. The van der Waals surface area contributed by atoms with Crippen LogP contribution in [0.15, 0.2) is 24.3 Å². The van der Waals surface area contributed by atoms with Gasteiger partial charge in [0, 0.05) is 25.2 Å². The molecule has 4 nitrogen and oxygen atoms in total. The molecule has 1 atom stereocenters. The Morgan fingerprint density at radius 3 is 2.42 bits per heavy atom. The Labute approximate surface area is 115 Å². The number of piperidine rings is 1. The second-order valence-corrected chi connectivity index (χ2v) is 5.40. The molecule has 0 saturated carbocycles. The fourth-order valence-electron chi connectivity index (χ4n) is 2.57. The predicted molar refractivity (Wildman–Crippen MR) is 76.9 cm³/mol. The van der Waals surface area contributed by atoms with Crippen LogP contribution in [0, 0.1) is 6.92 Å². The molecule has 19 heavy (non-hydrogen) atoms. The zero-order valence-corrected chi connectivity index (χ0v) is 11.7. The van der Waals surface area contributed by atoms with Gasteiger partial charge in [0.1, 0.15) is 0 Å². The molecule has 0 aromatic heterocycles. The number of hydrogen-bond donors (Lipinski definition) is 2. The van der Waals surface area contributed by atoms with E-state index in [1.54, 1.807) is 4.90 Å². The lowest BCUT2D eigenvalue weighted by atomic mass is 10.0. The van der Waals surface area contributed by atoms with E-state index in [1.807, 2.05) is 0 Å². The highest BCUT2D eigenvalue weighted by atomic mass is 16.2. The molecule has 4 heteroatoms. The molecule has 0 bridgehead atoms. The molecule has 3 N–H and O–H groups in total. The van der Waals surface area contributed by atoms with Crippen LogP contribution in [0.2, 0.25) is 0 Å². The summed E-state index contributed by atoms with van der Waals surface area (Å²) in [4.78, 5) is 12.8. The Bertz CT molecular complexity index is 422. The third-order valence-electron chi connectivity index (χ3n) is 3.87. The number of aryl methyl sites for hydroxylation is 1. The highest BCUT2D eigenvalue weighted by Crippen LogP contribution is 2.17. The Morgan fingerprint density at radius 1 is 1.32 bits per heavy atom. The number of amides is 2. The first-order valence-electron chi connectivity index (χ1n) is 6.93. The van der Waals surface area contributed by atoms with Crippen LogP contribution >= 0.6 is 0 Å². The first-order valence-corrected chi connectivity index (χ1v) is 6.93.